The molecule has 1 aromatic carbocycles. The van der Waals surface area contributed by atoms with Gasteiger partial charge >= 0.3 is 6.03 Å². The average Bonchev–Trinajstić information content (AvgIpc) is 2.83. The molecule has 0 radical (unpaired) electrons. The van der Waals surface area contributed by atoms with E-state index in [1.165, 1.54) is 16.7 Å². The Bertz CT molecular complexity index is 601. The maximum Gasteiger partial charge on any atom is 0.317 e. The monoisotopic (exact) mass is 316 g/mol. The lowest BCUT2D eigenvalue weighted by Gasteiger charge is -2.39. The first-order valence-electron chi connectivity index (χ1n) is 8.67. The first-order valence-corrected chi connectivity index (χ1v) is 8.67. The second kappa shape index (κ2) is 6.16. The van der Waals surface area contributed by atoms with Gasteiger partial charge in [-0.05, 0) is 43.2 Å². The van der Waals surface area contributed by atoms with Gasteiger partial charge in [0.2, 0.25) is 0 Å². The molecule has 2 N–H and O–H groups in total. The van der Waals surface area contributed by atoms with Crippen LogP contribution in [0.4, 0.5) is 4.79 Å². The number of aliphatic hydroxyl groups excluding tert-OH is 1. The van der Waals surface area contributed by atoms with E-state index < -0.39 is 0 Å². The lowest BCUT2D eigenvalue weighted by molar-refractivity contribution is 0.0604. The van der Waals surface area contributed by atoms with Crippen molar-refractivity contribution in [1.82, 2.24) is 10.2 Å². The number of carbonyl (C=O) groups excluding carboxylic acids is 1. The molecule has 1 aromatic rings. The van der Waals surface area contributed by atoms with Crippen LogP contribution in [0.3, 0.4) is 0 Å². The number of rotatable bonds is 2. The Labute approximate surface area is 138 Å². The molecule has 0 saturated carbocycles. The van der Waals surface area contributed by atoms with Crippen LogP contribution in [0, 0.1) is 18.3 Å². The Morgan fingerprint density at radius 3 is 3.00 bits per heavy atom. The van der Waals surface area contributed by atoms with Crippen molar-refractivity contribution in [2.45, 2.75) is 46.1 Å². The Hall–Kier alpha value is -1.55. The topological polar surface area (TPSA) is 52.6 Å². The highest BCUT2D eigenvalue weighted by Crippen LogP contribution is 2.37. The van der Waals surface area contributed by atoms with Gasteiger partial charge in [0, 0.05) is 18.5 Å². The van der Waals surface area contributed by atoms with Gasteiger partial charge in [0.05, 0.1) is 12.6 Å². The molecule has 0 spiro atoms. The van der Waals surface area contributed by atoms with Crippen LogP contribution in [0.5, 0.6) is 0 Å². The van der Waals surface area contributed by atoms with Crippen LogP contribution in [0.15, 0.2) is 18.2 Å². The molecule has 23 heavy (non-hydrogen) atoms. The first kappa shape index (κ1) is 16.3. The van der Waals surface area contributed by atoms with E-state index in [-0.39, 0.29) is 24.1 Å². The number of nitrogens with one attached hydrogen (secondary N) is 1. The molecular weight excluding hydrogens is 288 g/mol. The number of hydrogen-bond acceptors (Lipinski definition) is 2. The summed E-state index contributed by atoms with van der Waals surface area (Å²) < 4.78 is 0. The number of urea groups is 1. The third-order valence-corrected chi connectivity index (χ3v) is 5.48. The smallest absolute Gasteiger partial charge is 0.317 e. The summed E-state index contributed by atoms with van der Waals surface area (Å²) in [7, 11) is 0. The van der Waals surface area contributed by atoms with Crippen LogP contribution in [0.2, 0.25) is 0 Å². The van der Waals surface area contributed by atoms with Gasteiger partial charge in [0.15, 0.2) is 0 Å². The van der Waals surface area contributed by atoms with Gasteiger partial charge in [0.1, 0.15) is 0 Å². The quantitative estimate of drug-likeness (QED) is 0.881. The van der Waals surface area contributed by atoms with Crippen LogP contribution in [-0.2, 0) is 6.42 Å². The van der Waals surface area contributed by atoms with Gasteiger partial charge in [0.25, 0.3) is 0 Å². The van der Waals surface area contributed by atoms with Gasteiger partial charge in [-0.25, -0.2) is 4.79 Å². The van der Waals surface area contributed by atoms with Crippen LogP contribution < -0.4 is 5.32 Å². The fourth-order valence-corrected chi connectivity index (χ4v) is 4.02. The first-order chi connectivity index (χ1) is 10.9. The van der Waals surface area contributed by atoms with Crippen molar-refractivity contribution < 1.29 is 9.90 Å². The molecule has 3 atom stereocenters. The van der Waals surface area contributed by atoms with Gasteiger partial charge in [-0.1, -0.05) is 37.6 Å². The summed E-state index contributed by atoms with van der Waals surface area (Å²) in [4.78, 5) is 14.6. The molecule has 3 rings (SSSR count). The predicted octanol–water partition coefficient (Wildman–Crippen LogP) is 3.03. The van der Waals surface area contributed by atoms with Crippen molar-refractivity contribution in [3.05, 3.63) is 34.9 Å². The number of amides is 2. The SMILES string of the molecule is Cc1ccc2c(c1)C(NC(=O)N1CCCC(C)(CO)C1)C(C)C2. The van der Waals surface area contributed by atoms with Crippen LogP contribution >= 0.6 is 0 Å². The summed E-state index contributed by atoms with van der Waals surface area (Å²) in [5, 5.41) is 12.8. The zero-order valence-electron chi connectivity index (χ0n) is 14.4. The number of aryl methyl sites for hydroxylation is 1. The molecule has 4 nitrogen and oxygen atoms in total. The molecule has 126 valence electrons. The fraction of sp³-hybridized carbons (Fsp3) is 0.632. The summed E-state index contributed by atoms with van der Waals surface area (Å²) in [6, 6.07) is 6.65. The Balaban J connectivity index is 1.72. The lowest BCUT2D eigenvalue weighted by Crippen LogP contribution is -2.51. The van der Waals surface area contributed by atoms with E-state index in [0.717, 1.165) is 25.8 Å². The van der Waals surface area contributed by atoms with Crippen molar-refractivity contribution in [2.75, 3.05) is 19.7 Å². The van der Waals surface area contributed by atoms with Gasteiger partial charge in [-0.2, -0.15) is 0 Å². The molecule has 1 saturated heterocycles. The molecule has 0 aromatic heterocycles. The number of nitrogens with zero attached hydrogens (tertiary/aromatic N) is 1. The Kier molecular flexibility index (Phi) is 4.37. The van der Waals surface area contributed by atoms with E-state index in [4.69, 9.17) is 0 Å². The highest BCUT2D eigenvalue weighted by atomic mass is 16.3. The number of piperidine rings is 1. The van der Waals surface area contributed by atoms with E-state index in [1.807, 2.05) is 4.90 Å². The molecule has 1 heterocycles. The van der Waals surface area contributed by atoms with E-state index in [1.54, 1.807) is 0 Å². The number of likely N-dealkylation sites (tertiary alicyclic amines) is 1. The fourth-order valence-electron chi connectivity index (χ4n) is 4.02. The maximum absolute atomic E-state index is 12.7. The normalized spacial score (nSPS) is 30.2. The number of hydrogen-bond donors (Lipinski definition) is 2. The van der Waals surface area contributed by atoms with Crippen molar-refractivity contribution in [1.29, 1.82) is 0 Å². The van der Waals surface area contributed by atoms with Crippen LogP contribution in [-0.4, -0.2) is 35.7 Å². The number of fused-ring (bicyclic) bond motifs is 1. The Morgan fingerprint density at radius 1 is 1.48 bits per heavy atom. The van der Waals surface area contributed by atoms with Gasteiger partial charge in [-0.3, -0.25) is 0 Å². The van der Waals surface area contributed by atoms with Crippen LogP contribution in [0.25, 0.3) is 0 Å². The molecule has 1 aliphatic carbocycles. The highest BCUT2D eigenvalue weighted by molar-refractivity contribution is 5.75. The standard InChI is InChI=1S/C19H28N2O2/c1-13-5-6-15-10-14(2)17(16(15)9-13)20-18(23)21-8-4-7-19(3,11-21)12-22/h5-6,9,14,17,22H,4,7-8,10-12H2,1-3H3,(H,20,23). The van der Waals surface area contributed by atoms with E-state index in [9.17, 15) is 9.90 Å². The summed E-state index contributed by atoms with van der Waals surface area (Å²) in [6.45, 7) is 7.91. The summed E-state index contributed by atoms with van der Waals surface area (Å²) in [5.74, 6) is 0.421. The molecule has 4 heteroatoms. The van der Waals surface area contributed by atoms with E-state index >= 15 is 0 Å². The van der Waals surface area contributed by atoms with Crippen LogP contribution in [0.1, 0.15) is 49.4 Å². The van der Waals surface area contributed by atoms with E-state index in [2.05, 4.69) is 44.3 Å². The third-order valence-electron chi connectivity index (χ3n) is 5.48. The van der Waals surface area contributed by atoms with Crippen molar-refractivity contribution in [3.63, 3.8) is 0 Å². The zero-order chi connectivity index (χ0) is 16.6. The van der Waals surface area contributed by atoms with E-state index in [0.29, 0.717) is 12.5 Å². The minimum Gasteiger partial charge on any atom is -0.396 e. The zero-order valence-corrected chi connectivity index (χ0v) is 14.4. The maximum atomic E-state index is 12.7. The number of carbonyl (C=O) groups is 1. The third kappa shape index (κ3) is 3.23. The van der Waals surface area contributed by atoms with Crippen molar-refractivity contribution >= 4 is 6.03 Å². The van der Waals surface area contributed by atoms with Gasteiger partial charge < -0.3 is 15.3 Å². The minimum absolute atomic E-state index is 0.00980. The largest absolute Gasteiger partial charge is 0.396 e. The van der Waals surface area contributed by atoms with Crippen molar-refractivity contribution in [2.24, 2.45) is 11.3 Å². The van der Waals surface area contributed by atoms with Gasteiger partial charge in [-0.15, -0.1) is 0 Å². The summed E-state index contributed by atoms with van der Waals surface area (Å²) in [6.07, 6.45) is 2.96. The Morgan fingerprint density at radius 2 is 2.26 bits per heavy atom. The molecule has 2 amide bonds. The highest BCUT2D eigenvalue weighted by Gasteiger charge is 2.35. The molecule has 1 fully saturated rings. The second-order valence-electron chi connectivity index (χ2n) is 7.80. The predicted molar refractivity (Wildman–Crippen MR) is 91.3 cm³/mol. The second-order valence-corrected chi connectivity index (χ2v) is 7.80. The molecule has 1 aliphatic heterocycles. The summed E-state index contributed by atoms with van der Waals surface area (Å²) >= 11 is 0. The number of aliphatic hydroxyl groups is 1. The number of benzene rings is 1. The molecule has 0 bridgehead atoms. The molecule has 3 unspecified atom stereocenters. The minimum atomic E-state index is -0.161. The molecule has 2 aliphatic rings. The summed E-state index contributed by atoms with van der Waals surface area (Å²) in [5.41, 5.74) is 3.70. The average molecular weight is 316 g/mol. The van der Waals surface area contributed by atoms with Crippen molar-refractivity contribution in [3.8, 4) is 0 Å². The molecular formula is C19H28N2O2. The lowest BCUT2D eigenvalue weighted by atomic mass is 9.83.